The van der Waals surface area contributed by atoms with Crippen molar-refractivity contribution in [2.24, 2.45) is 17.4 Å². The van der Waals surface area contributed by atoms with E-state index >= 15 is 0 Å². The maximum atomic E-state index is 12.8. The molecule has 0 aromatic carbocycles. The van der Waals surface area contributed by atoms with Crippen LogP contribution in [0.1, 0.15) is 32.4 Å². The molecule has 4 amide bonds. The Morgan fingerprint density at radius 3 is 2.09 bits per heavy atom. The third-order valence-electron chi connectivity index (χ3n) is 4.51. The molecule has 14 nitrogen and oxygen atoms in total. The van der Waals surface area contributed by atoms with Crippen LogP contribution in [-0.4, -0.2) is 80.6 Å². The standard InChI is InChI=1S/C19H31N7O7/c1-9(2)3-13(19(32)33)25-18(31)14(7-27)26-17(30)12(4-10-6-22-8-23-10)24-16(29)11(20)5-15(21)28/h6,8-9,11-14,27H,3-5,7,20H2,1-2H3,(H2,21,28)(H,22,23)(H,24,29)(H,25,31)(H,26,30)(H,32,33). The van der Waals surface area contributed by atoms with Gasteiger partial charge in [0.15, 0.2) is 0 Å². The van der Waals surface area contributed by atoms with Gasteiger partial charge in [-0.25, -0.2) is 9.78 Å². The van der Waals surface area contributed by atoms with Gasteiger partial charge in [-0.1, -0.05) is 13.8 Å². The van der Waals surface area contributed by atoms with Crippen LogP contribution in [0.5, 0.6) is 0 Å². The van der Waals surface area contributed by atoms with Gasteiger partial charge in [0, 0.05) is 18.3 Å². The number of imidazole rings is 1. The molecule has 0 spiro atoms. The number of nitrogens with zero attached hydrogens (tertiary/aromatic N) is 1. The van der Waals surface area contributed by atoms with E-state index < -0.39 is 66.8 Å². The zero-order valence-corrected chi connectivity index (χ0v) is 18.4. The molecule has 0 saturated heterocycles. The summed E-state index contributed by atoms with van der Waals surface area (Å²) < 4.78 is 0. The first-order valence-electron chi connectivity index (χ1n) is 10.2. The van der Waals surface area contributed by atoms with E-state index in [0.29, 0.717) is 5.69 Å². The van der Waals surface area contributed by atoms with E-state index in [1.807, 2.05) is 0 Å². The number of aromatic amines is 1. The van der Waals surface area contributed by atoms with Gasteiger partial charge in [0.25, 0.3) is 0 Å². The summed E-state index contributed by atoms with van der Waals surface area (Å²) >= 11 is 0. The highest BCUT2D eigenvalue weighted by Crippen LogP contribution is 2.06. The number of hydrogen-bond donors (Lipinski definition) is 8. The third kappa shape index (κ3) is 9.65. The first-order valence-corrected chi connectivity index (χ1v) is 10.2. The van der Waals surface area contributed by atoms with Crippen LogP contribution in [0.15, 0.2) is 12.5 Å². The van der Waals surface area contributed by atoms with Gasteiger partial charge in [0.1, 0.15) is 18.1 Å². The number of aliphatic hydroxyl groups excluding tert-OH is 1. The van der Waals surface area contributed by atoms with Crippen LogP contribution in [0.4, 0.5) is 0 Å². The summed E-state index contributed by atoms with van der Waals surface area (Å²) in [4.78, 5) is 66.6. The molecule has 0 bridgehead atoms. The Balaban J connectivity index is 2.93. The van der Waals surface area contributed by atoms with Crippen molar-refractivity contribution in [1.82, 2.24) is 25.9 Å². The van der Waals surface area contributed by atoms with Gasteiger partial charge in [0.2, 0.25) is 23.6 Å². The topological polar surface area (TPSA) is 243 Å². The third-order valence-corrected chi connectivity index (χ3v) is 4.51. The van der Waals surface area contributed by atoms with Crippen LogP contribution in [0.25, 0.3) is 0 Å². The average molecular weight is 469 g/mol. The van der Waals surface area contributed by atoms with Crippen molar-refractivity contribution < 1.29 is 34.2 Å². The number of primary amides is 1. The van der Waals surface area contributed by atoms with Crippen LogP contribution in [0, 0.1) is 5.92 Å². The van der Waals surface area contributed by atoms with E-state index in [0.717, 1.165) is 0 Å². The fraction of sp³-hybridized carbons (Fsp3) is 0.579. The van der Waals surface area contributed by atoms with Crippen molar-refractivity contribution in [2.75, 3.05) is 6.61 Å². The summed E-state index contributed by atoms with van der Waals surface area (Å²) in [6.45, 7) is 2.73. The van der Waals surface area contributed by atoms with Crippen LogP contribution in [-0.2, 0) is 30.4 Å². The normalized spacial score (nSPS) is 14.6. The van der Waals surface area contributed by atoms with Crippen molar-refractivity contribution >= 4 is 29.6 Å². The number of carbonyl (C=O) groups is 5. The summed E-state index contributed by atoms with van der Waals surface area (Å²) in [5.41, 5.74) is 11.1. The number of carbonyl (C=O) groups excluding carboxylic acids is 4. The van der Waals surface area contributed by atoms with Gasteiger partial charge in [-0.15, -0.1) is 0 Å². The molecule has 1 aromatic heterocycles. The molecule has 4 unspecified atom stereocenters. The van der Waals surface area contributed by atoms with Crippen molar-refractivity contribution in [3.8, 4) is 0 Å². The highest BCUT2D eigenvalue weighted by atomic mass is 16.4. The molecule has 0 radical (unpaired) electrons. The van der Waals surface area contributed by atoms with Crippen molar-refractivity contribution in [3.05, 3.63) is 18.2 Å². The number of rotatable bonds is 14. The zero-order valence-electron chi connectivity index (χ0n) is 18.4. The molecule has 0 aliphatic rings. The fourth-order valence-corrected chi connectivity index (χ4v) is 2.85. The second-order valence-corrected chi connectivity index (χ2v) is 7.89. The number of hydrogen-bond acceptors (Lipinski definition) is 8. The number of H-pyrrole nitrogens is 1. The van der Waals surface area contributed by atoms with E-state index in [-0.39, 0.29) is 18.8 Å². The lowest BCUT2D eigenvalue weighted by atomic mass is 10.0. The minimum atomic E-state index is -1.48. The van der Waals surface area contributed by atoms with Gasteiger partial charge in [-0.05, 0) is 12.3 Å². The Morgan fingerprint density at radius 2 is 1.61 bits per heavy atom. The number of aliphatic carboxylic acids is 1. The average Bonchev–Trinajstić information content (AvgIpc) is 3.22. The van der Waals surface area contributed by atoms with Crippen molar-refractivity contribution in [2.45, 2.75) is 57.3 Å². The molecule has 14 heteroatoms. The molecule has 1 aromatic rings. The molecule has 0 aliphatic carbocycles. The minimum absolute atomic E-state index is 0.0350. The first kappa shape index (κ1) is 27.5. The highest BCUT2D eigenvalue weighted by molar-refractivity contribution is 5.95. The second-order valence-electron chi connectivity index (χ2n) is 7.89. The molecule has 4 atom stereocenters. The Labute approximate surface area is 189 Å². The lowest BCUT2D eigenvalue weighted by molar-refractivity contribution is -0.143. The maximum absolute atomic E-state index is 12.8. The summed E-state index contributed by atoms with van der Waals surface area (Å²) in [5.74, 6) is -4.69. The van der Waals surface area contributed by atoms with Gasteiger partial charge >= 0.3 is 5.97 Å². The van der Waals surface area contributed by atoms with Crippen molar-refractivity contribution in [3.63, 3.8) is 0 Å². The van der Waals surface area contributed by atoms with E-state index in [1.54, 1.807) is 13.8 Å². The molecule has 184 valence electrons. The van der Waals surface area contributed by atoms with E-state index in [4.69, 9.17) is 11.5 Å². The van der Waals surface area contributed by atoms with Gasteiger partial charge < -0.3 is 42.6 Å². The molecule has 0 aliphatic heterocycles. The molecule has 0 fully saturated rings. The van der Waals surface area contributed by atoms with Crippen LogP contribution < -0.4 is 27.4 Å². The molecular formula is C19H31N7O7. The SMILES string of the molecule is CC(C)CC(NC(=O)C(CO)NC(=O)C(Cc1cnc[nH]1)NC(=O)C(N)CC(N)=O)C(=O)O. The Kier molecular flexibility index (Phi) is 10.9. The number of aliphatic hydroxyl groups is 1. The molecular weight excluding hydrogens is 438 g/mol. The van der Waals surface area contributed by atoms with Gasteiger partial charge in [-0.2, -0.15) is 0 Å². The lowest BCUT2D eigenvalue weighted by Crippen LogP contribution is -2.58. The van der Waals surface area contributed by atoms with Crippen LogP contribution >= 0.6 is 0 Å². The maximum Gasteiger partial charge on any atom is 0.326 e. The van der Waals surface area contributed by atoms with E-state index in [9.17, 15) is 34.2 Å². The molecule has 33 heavy (non-hydrogen) atoms. The minimum Gasteiger partial charge on any atom is -0.480 e. The quantitative estimate of drug-likeness (QED) is 0.136. The number of carboxylic acid groups (broad SMARTS) is 1. The Morgan fingerprint density at radius 1 is 1.03 bits per heavy atom. The largest absolute Gasteiger partial charge is 0.480 e. The number of amides is 4. The van der Waals surface area contributed by atoms with Crippen LogP contribution in [0.2, 0.25) is 0 Å². The highest BCUT2D eigenvalue weighted by Gasteiger charge is 2.30. The van der Waals surface area contributed by atoms with E-state index in [1.165, 1.54) is 12.5 Å². The van der Waals surface area contributed by atoms with Crippen LogP contribution in [0.3, 0.4) is 0 Å². The molecule has 0 saturated carbocycles. The Bertz CT molecular complexity index is 828. The summed E-state index contributed by atoms with van der Waals surface area (Å²) in [5, 5.41) is 25.8. The summed E-state index contributed by atoms with van der Waals surface area (Å²) in [6.07, 6.45) is 2.39. The van der Waals surface area contributed by atoms with Crippen molar-refractivity contribution in [1.29, 1.82) is 0 Å². The van der Waals surface area contributed by atoms with Gasteiger partial charge in [0.05, 0.1) is 25.4 Å². The lowest BCUT2D eigenvalue weighted by Gasteiger charge is -2.24. The predicted octanol–water partition coefficient (Wildman–Crippen LogP) is -3.27. The van der Waals surface area contributed by atoms with E-state index in [2.05, 4.69) is 25.9 Å². The number of carboxylic acids is 1. The summed E-state index contributed by atoms with van der Waals surface area (Å²) in [6, 6.07) is -5.25. The fourth-order valence-electron chi connectivity index (χ4n) is 2.85. The Hall–Kier alpha value is -3.52. The molecule has 1 rings (SSSR count). The smallest absolute Gasteiger partial charge is 0.326 e. The molecule has 10 N–H and O–H groups in total. The predicted molar refractivity (Wildman–Crippen MR) is 114 cm³/mol. The molecule has 1 heterocycles. The zero-order chi connectivity index (χ0) is 25.1. The number of aromatic nitrogens is 2. The second kappa shape index (κ2) is 13.1. The number of nitrogens with two attached hydrogens (primary N) is 2. The first-order chi connectivity index (χ1) is 15.4. The van der Waals surface area contributed by atoms with Gasteiger partial charge in [-0.3, -0.25) is 19.2 Å². The summed E-state index contributed by atoms with van der Waals surface area (Å²) in [7, 11) is 0. The number of nitrogens with one attached hydrogen (secondary N) is 4. The monoisotopic (exact) mass is 469 g/mol.